The van der Waals surface area contributed by atoms with Crippen molar-refractivity contribution in [3.8, 4) is 0 Å². The van der Waals surface area contributed by atoms with Gasteiger partial charge in [0.15, 0.2) is 0 Å². The lowest BCUT2D eigenvalue weighted by molar-refractivity contribution is -0.140. The Morgan fingerprint density at radius 2 is 1.80 bits per heavy atom. The molecule has 1 atom stereocenters. The van der Waals surface area contributed by atoms with Gasteiger partial charge in [0.25, 0.3) is 0 Å². The average Bonchev–Trinajstić information content (AvgIpc) is 3.11. The maximum absolute atomic E-state index is 13.9. The molecule has 1 saturated heterocycles. The maximum Gasteiger partial charge on any atom is 0.419 e. The highest BCUT2D eigenvalue weighted by Crippen LogP contribution is 2.37. The molecule has 4 nitrogen and oxygen atoms in total. The van der Waals surface area contributed by atoms with Crippen LogP contribution in [0.4, 0.5) is 23.2 Å². The Hall–Kier alpha value is -2.26. The monoisotopic (exact) mass is 440 g/mol. The summed E-state index contributed by atoms with van der Waals surface area (Å²) in [7, 11) is 0. The Morgan fingerprint density at radius 1 is 1.07 bits per heavy atom. The van der Waals surface area contributed by atoms with Gasteiger partial charge in [0.2, 0.25) is 0 Å². The van der Waals surface area contributed by atoms with Crippen LogP contribution < -0.4 is 4.90 Å². The molecule has 0 spiro atoms. The lowest BCUT2D eigenvalue weighted by atomic mass is 10.0. The molecule has 1 fully saturated rings. The summed E-state index contributed by atoms with van der Waals surface area (Å²) in [6, 6.07) is 8.96. The fourth-order valence-electron chi connectivity index (χ4n) is 4.01. The van der Waals surface area contributed by atoms with Gasteiger partial charge in [0, 0.05) is 36.8 Å². The van der Waals surface area contributed by atoms with Gasteiger partial charge in [-0.3, -0.25) is 4.79 Å². The zero-order valence-corrected chi connectivity index (χ0v) is 16.8. The fraction of sp³-hybridized carbons (Fsp3) is 0.381. The SMILES string of the molecule is O=C(O)C1CCc2ccc(SN3CCN(c4ccc(C(F)(F)F)c(F)c4)CC3)cc21. The van der Waals surface area contributed by atoms with Crippen molar-refractivity contribution in [1.29, 1.82) is 0 Å². The summed E-state index contributed by atoms with van der Waals surface area (Å²) < 4.78 is 54.2. The molecule has 4 rings (SSSR count). The van der Waals surface area contributed by atoms with Crippen molar-refractivity contribution < 1.29 is 27.5 Å². The van der Waals surface area contributed by atoms with Gasteiger partial charge in [-0.1, -0.05) is 6.07 Å². The first-order valence-corrected chi connectivity index (χ1v) is 10.4. The molecule has 2 aliphatic rings. The van der Waals surface area contributed by atoms with E-state index in [1.54, 1.807) is 11.9 Å². The number of nitrogens with zero attached hydrogens (tertiary/aromatic N) is 2. The molecule has 0 radical (unpaired) electrons. The number of carbonyl (C=O) groups is 1. The van der Waals surface area contributed by atoms with E-state index in [9.17, 15) is 27.5 Å². The van der Waals surface area contributed by atoms with Gasteiger partial charge in [-0.25, -0.2) is 8.70 Å². The van der Waals surface area contributed by atoms with Crippen LogP contribution in [-0.4, -0.2) is 41.6 Å². The van der Waals surface area contributed by atoms with Crippen LogP contribution in [-0.2, 0) is 17.4 Å². The van der Waals surface area contributed by atoms with Crippen molar-refractivity contribution in [3.63, 3.8) is 0 Å². The molecule has 0 saturated carbocycles. The second kappa shape index (κ2) is 8.11. The van der Waals surface area contributed by atoms with Crippen molar-refractivity contribution in [2.75, 3.05) is 31.1 Å². The largest absolute Gasteiger partial charge is 0.481 e. The van der Waals surface area contributed by atoms with Crippen LogP contribution in [0.5, 0.6) is 0 Å². The predicted molar refractivity (Wildman–Crippen MR) is 106 cm³/mol. The Bertz CT molecular complexity index is 959. The Kier molecular flexibility index (Phi) is 5.67. The fourth-order valence-corrected chi connectivity index (χ4v) is 4.96. The predicted octanol–water partition coefficient (Wildman–Crippen LogP) is 4.79. The molecular weight excluding hydrogens is 420 g/mol. The van der Waals surface area contributed by atoms with Crippen LogP contribution in [0.1, 0.15) is 29.0 Å². The van der Waals surface area contributed by atoms with Crippen LogP contribution in [0.25, 0.3) is 0 Å². The van der Waals surface area contributed by atoms with E-state index >= 15 is 0 Å². The zero-order chi connectivity index (χ0) is 21.5. The Balaban J connectivity index is 1.38. The topological polar surface area (TPSA) is 43.8 Å². The number of aliphatic carboxylic acids is 1. The summed E-state index contributed by atoms with van der Waals surface area (Å²) in [4.78, 5) is 14.3. The van der Waals surface area contributed by atoms with Crippen LogP contribution >= 0.6 is 11.9 Å². The molecule has 9 heteroatoms. The van der Waals surface area contributed by atoms with Gasteiger partial charge in [0.1, 0.15) is 5.82 Å². The van der Waals surface area contributed by atoms with Gasteiger partial charge < -0.3 is 10.0 Å². The molecule has 1 heterocycles. The van der Waals surface area contributed by atoms with Gasteiger partial charge >= 0.3 is 12.1 Å². The second-order valence-electron chi connectivity index (χ2n) is 7.46. The smallest absolute Gasteiger partial charge is 0.419 e. The Morgan fingerprint density at radius 3 is 2.43 bits per heavy atom. The third kappa shape index (κ3) is 4.27. The molecule has 1 N–H and O–H groups in total. The van der Waals surface area contributed by atoms with E-state index in [0.717, 1.165) is 34.6 Å². The Labute approximate surface area is 175 Å². The number of piperazine rings is 1. The minimum absolute atomic E-state index is 0.437. The number of hydrogen-bond donors (Lipinski definition) is 1. The summed E-state index contributed by atoms with van der Waals surface area (Å²) in [5.41, 5.74) is 1.15. The van der Waals surface area contributed by atoms with Crippen molar-refractivity contribution in [2.24, 2.45) is 0 Å². The van der Waals surface area contributed by atoms with E-state index in [-0.39, 0.29) is 0 Å². The summed E-state index contributed by atoms with van der Waals surface area (Å²) in [6.07, 6.45) is -3.30. The molecule has 1 aliphatic heterocycles. The molecular formula is C21H20F4N2O2S. The van der Waals surface area contributed by atoms with Gasteiger partial charge in [-0.2, -0.15) is 13.2 Å². The van der Waals surface area contributed by atoms with Crippen LogP contribution in [0.2, 0.25) is 0 Å². The van der Waals surface area contributed by atoms with Crippen molar-refractivity contribution in [1.82, 2.24) is 4.31 Å². The minimum Gasteiger partial charge on any atom is -0.481 e. The number of carboxylic acids is 1. The summed E-state index contributed by atoms with van der Waals surface area (Å²) in [5, 5.41) is 9.38. The number of aryl methyl sites for hydroxylation is 1. The summed E-state index contributed by atoms with van der Waals surface area (Å²) in [5.74, 6) is -2.51. The summed E-state index contributed by atoms with van der Waals surface area (Å²) >= 11 is 1.54. The van der Waals surface area contributed by atoms with Gasteiger partial charge in [-0.05, 0) is 66.2 Å². The van der Waals surface area contributed by atoms with Crippen molar-refractivity contribution in [2.45, 2.75) is 29.8 Å². The van der Waals surface area contributed by atoms with E-state index in [0.29, 0.717) is 38.3 Å². The molecule has 2 aromatic rings. The summed E-state index contributed by atoms with van der Waals surface area (Å²) in [6.45, 7) is 2.40. The molecule has 1 unspecified atom stereocenters. The number of anilines is 1. The number of halogens is 4. The number of rotatable bonds is 4. The molecule has 30 heavy (non-hydrogen) atoms. The number of fused-ring (bicyclic) bond motifs is 1. The van der Waals surface area contributed by atoms with E-state index in [1.165, 1.54) is 6.07 Å². The van der Waals surface area contributed by atoms with Crippen molar-refractivity contribution in [3.05, 3.63) is 58.9 Å². The number of benzene rings is 2. The highest BCUT2D eigenvalue weighted by atomic mass is 32.2. The van der Waals surface area contributed by atoms with Gasteiger partial charge in [-0.15, -0.1) is 0 Å². The first-order chi connectivity index (χ1) is 14.2. The lowest BCUT2D eigenvalue weighted by Crippen LogP contribution is -2.43. The zero-order valence-electron chi connectivity index (χ0n) is 16.0. The third-order valence-corrected chi connectivity index (χ3v) is 6.68. The first-order valence-electron chi connectivity index (χ1n) is 9.62. The number of hydrogen-bond acceptors (Lipinski definition) is 4. The van der Waals surface area contributed by atoms with Crippen LogP contribution in [0.15, 0.2) is 41.3 Å². The maximum atomic E-state index is 13.9. The van der Waals surface area contributed by atoms with Crippen LogP contribution in [0, 0.1) is 5.82 Å². The second-order valence-corrected chi connectivity index (χ2v) is 8.63. The first kappa shape index (κ1) is 21.0. The highest BCUT2D eigenvalue weighted by molar-refractivity contribution is 7.97. The average molecular weight is 440 g/mol. The molecule has 1 aliphatic carbocycles. The third-order valence-electron chi connectivity index (χ3n) is 5.59. The minimum atomic E-state index is -4.70. The van der Waals surface area contributed by atoms with Gasteiger partial charge in [0.05, 0.1) is 11.5 Å². The molecule has 0 bridgehead atoms. The van der Waals surface area contributed by atoms with E-state index in [1.807, 2.05) is 23.1 Å². The molecule has 160 valence electrons. The lowest BCUT2D eigenvalue weighted by Gasteiger charge is -2.35. The molecule has 0 amide bonds. The van der Waals surface area contributed by atoms with E-state index in [4.69, 9.17) is 0 Å². The normalized spacial score (nSPS) is 19.7. The highest BCUT2D eigenvalue weighted by Gasteiger charge is 2.34. The van der Waals surface area contributed by atoms with E-state index in [2.05, 4.69) is 4.31 Å². The number of carboxylic acid groups (broad SMARTS) is 1. The van der Waals surface area contributed by atoms with Crippen LogP contribution in [0.3, 0.4) is 0 Å². The molecule has 2 aromatic carbocycles. The van der Waals surface area contributed by atoms with Crippen molar-refractivity contribution >= 4 is 23.6 Å². The number of alkyl halides is 3. The quantitative estimate of drug-likeness (QED) is 0.547. The molecule has 0 aromatic heterocycles. The van der Waals surface area contributed by atoms with E-state index < -0.39 is 29.4 Å². The standard InChI is InChI=1S/C21H20F4N2O2S/c22-19-11-14(3-6-18(19)21(23,24)25)26-7-9-27(10-8-26)30-15-4-1-13-2-5-16(20(28)29)17(13)12-15/h1,3-4,6,11-12,16H,2,5,7-10H2,(H,28,29).